The molecule has 1 N–H and O–H groups in total. The predicted molar refractivity (Wildman–Crippen MR) is 88.5 cm³/mol. The zero-order valence-corrected chi connectivity index (χ0v) is 13.8. The Labute approximate surface area is 135 Å². The van der Waals surface area contributed by atoms with E-state index in [2.05, 4.69) is 10.3 Å². The summed E-state index contributed by atoms with van der Waals surface area (Å²) in [6, 6.07) is 5.17. The summed E-state index contributed by atoms with van der Waals surface area (Å²) in [7, 11) is 1.41. The monoisotopic (exact) mass is 315 g/mol. The molecule has 0 fully saturated rings. The summed E-state index contributed by atoms with van der Waals surface area (Å²) in [6.45, 7) is 5.64. The van der Waals surface area contributed by atoms with Crippen LogP contribution in [0.1, 0.15) is 30.9 Å². The Bertz CT molecular complexity index is 694. The van der Waals surface area contributed by atoms with E-state index in [1.165, 1.54) is 7.05 Å². The van der Waals surface area contributed by atoms with Crippen molar-refractivity contribution >= 4 is 29.2 Å². The van der Waals surface area contributed by atoms with Crippen LogP contribution in [-0.2, 0) is 9.59 Å². The molecule has 0 aliphatic carbocycles. The Morgan fingerprint density at radius 3 is 2.57 bits per heavy atom. The molecule has 1 aliphatic heterocycles. The molecule has 6 heteroatoms. The molecule has 1 unspecified atom stereocenters. The fraction of sp³-hybridized carbons (Fsp3) is 0.412. The number of carbonyl (C=O) groups excluding carboxylic acids is 3. The van der Waals surface area contributed by atoms with Crippen molar-refractivity contribution in [1.82, 2.24) is 4.90 Å². The number of rotatable bonds is 4. The maximum absolute atomic E-state index is 12.1. The summed E-state index contributed by atoms with van der Waals surface area (Å²) in [6.07, 6.45) is 0.528. The Kier molecular flexibility index (Phi) is 4.93. The van der Waals surface area contributed by atoms with Gasteiger partial charge in [-0.3, -0.25) is 14.5 Å². The van der Waals surface area contributed by atoms with Crippen molar-refractivity contribution in [2.45, 2.75) is 33.6 Å². The maximum Gasteiger partial charge on any atom is 0.349 e. The molecule has 0 aromatic heterocycles. The average Bonchev–Trinajstić information content (AvgIpc) is 2.48. The van der Waals surface area contributed by atoms with Crippen LogP contribution in [0, 0.1) is 19.8 Å². The van der Waals surface area contributed by atoms with Gasteiger partial charge in [-0.1, -0.05) is 6.07 Å². The number of imide groups is 1. The minimum absolute atomic E-state index is 0.159. The van der Waals surface area contributed by atoms with Crippen LogP contribution in [-0.4, -0.2) is 35.5 Å². The number of carbonyl (C=O) groups is 3. The fourth-order valence-corrected chi connectivity index (χ4v) is 2.46. The van der Waals surface area contributed by atoms with Crippen molar-refractivity contribution in [3.63, 3.8) is 0 Å². The first-order chi connectivity index (χ1) is 10.8. The second-order valence-corrected chi connectivity index (χ2v) is 5.87. The van der Waals surface area contributed by atoms with Crippen molar-refractivity contribution in [2.24, 2.45) is 10.9 Å². The van der Waals surface area contributed by atoms with Crippen LogP contribution in [0.3, 0.4) is 0 Å². The number of benzene rings is 1. The number of nitrogens with one attached hydrogen (secondary N) is 1. The number of amides is 4. The van der Waals surface area contributed by atoms with Gasteiger partial charge in [0.05, 0.1) is 5.92 Å². The van der Waals surface area contributed by atoms with Gasteiger partial charge in [-0.25, -0.2) is 9.79 Å². The Morgan fingerprint density at radius 1 is 1.22 bits per heavy atom. The van der Waals surface area contributed by atoms with E-state index in [0.717, 1.165) is 21.7 Å². The maximum atomic E-state index is 12.1. The minimum Gasteiger partial charge on any atom is -0.326 e. The average molecular weight is 315 g/mol. The van der Waals surface area contributed by atoms with Crippen molar-refractivity contribution in [1.29, 1.82) is 0 Å². The zero-order chi connectivity index (χ0) is 17.1. The fourth-order valence-electron chi connectivity index (χ4n) is 2.46. The molecule has 2 rings (SSSR count). The summed E-state index contributed by atoms with van der Waals surface area (Å²) in [5.74, 6) is -0.974. The van der Waals surface area contributed by atoms with Gasteiger partial charge < -0.3 is 5.32 Å². The van der Waals surface area contributed by atoms with E-state index in [1.54, 1.807) is 6.92 Å². The molecule has 0 bridgehead atoms. The summed E-state index contributed by atoms with van der Waals surface area (Å²) in [4.78, 5) is 40.4. The van der Waals surface area contributed by atoms with Crippen molar-refractivity contribution in [3.8, 4) is 0 Å². The molecule has 1 heterocycles. The first kappa shape index (κ1) is 16.9. The molecule has 1 atom stereocenters. The number of hydrogen-bond acceptors (Lipinski definition) is 3. The lowest BCUT2D eigenvalue weighted by Crippen LogP contribution is -2.43. The highest BCUT2D eigenvalue weighted by Crippen LogP contribution is 2.19. The Morgan fingerprint density at radius 2 is 1.91 bits per heavy atom. The number of aliphatic imine (C=N–C) groups is 1. The molecule has 0 saturated heterocycles. The molecule has 122 valence electrons. The van der Waals surface area contributed by atoms with Crippen LogP contribution in [0.2, 0.25) is 0 Å². The van der Waals surface area contributed by atoms with Gasteiger partial charge in [0.2, 0.25) is 11.8 Å². The van der Waals surface area contributed by atoms with E-state index < -0.39 is 11.9 Å². The number of hydrogen-bond donors (Lipinski definition) is 1. The number of anilines is 1. The summed E-state index contributed by atoms with van der Waals surface area (Å²) in [5.41, 5.74) is 3.48. The SMILES string of the molecule is CC1=NC(=O)N(C)C(=O)C1CCC(=O)Nc1ccc(C)c(C)c1. The number of urea groups is 1. The predicted octanol–water partition coefficient (Wildman–Crippen LogP) is 2.69. The lowest BCUT2D eigenvalue weighted by atomic mass is 9.95. The highest BCUT2D eigenvalue weighted by atomic mass is 16.2. The molecular formula is C17H21N3O3. The number of aryl methyl sites for hydroxylation is 2. The van der Waals surface area contributed by atoms with Gasteiger partial charge >= 0.3 is 6.03 Å². The molecular weight excluding hydrogens is 294 g/mol. The van der Waals surface area contributed by atoms with Crippen LogP contribution in [0.15, 0.2) is 23.2 Å². The van der Waals surface area contributed by atoms with E-state index in [4.69, 9.17) is 0 Å². The molecule has 0 radical (unpaired) electrons. The first-order valence-electron chi connectivity index (χ1n) is 7.53. The molecule has 4 amide bonds. The highest BCUT2D eigenvalue weighted by molar-refractivity contribution is 6.15. The van der Waals surface area contributed by atoms with Gasteiger partial charge in [-0.15, -0.1) is 0 Å². The molecule has 1 aliphatic rings. The molecule has 1 aromatic rings. The van der Waals surface area contributed by atoms with Gasteiger partial charge in [0.15, 0.2) is 0 Å². The third-order valence-electron chi connectivity index (χ3n) is 4.14. The van der Waals surface area contributed by atoms with Crippen molar-refractivity contribution in [2.75, 3.05) is 12.4 Å². The number of nitrogens with zero attached hydrogens (tertiary/aromatic N) is 2. The van der Waals surface area contributed by atoms with Gasteiger partial charge in [0.25, 0.3) is 0 Å². The zero-order valence-electron chi connectivity index (χ0n) is 13.8. The second kappa shape index (κ2) is 6.73. The molecule has 0 saturated carbocycles. The van der Waals surface area contributed by atoms with Crippen LogP contribution in [0.5, 0.6) is 0 Å². The molecule has 0 spiro atoms. The Balaban J connectivity index is 1.96. The Hall–Kier alpha value is -2.50. The van der Waals surface area contributed by atoms with Gasteiger partial charge in [0, 0.05) is 24.9 Å². The van der Waals surface area contributed by atoms with Gasteiger partial charge in [-0.05, 0) is 50.5 Å². The van der Waals surface area contributed by atoms with Crippen molar-refractivity contribution in [3.05, 3.63) is 29.3 Å². The third-order valence-corrected chi connectivity index (χ3v) is 4.14. The lowest BCUT2D eigenvalue weighted by Gasteiger charge is -2.25. The quantitative estimate of drug-likeness (QED) is 0.927. The smallest absolute Gasteiger partial charge is 0.326 e. The van der Waals surface area contributed by atoms with E-state index in [-0.39, 0.29) is 18.2 Å². The van der Waals surface area contributed by atoms with Crippen LogP contribution >= 0.6 is 0 Å². The highest BCUT2D eigenvalue weighted by Gasteiger charge is 2.33. The molecule has 6 nitrogen and oxygen atoms in total. The van der Waals surface area contributed by atoms with E-state index in [1.807, 2.05) is 32.0 Å². The summed E-state index contributed by atoms with van der Waals surface area (Å²) < 4.78 is 0. The second-order valence-electron chi connectivity index (χ2n) is 5.87. The molecule has 23 heavy (non-hydrogen) atoms. The summed E-state index contributed by atoms with van der Waals surface area (Å²) >= 11 is 0. The molecule has 1 aromatic carbocycles. The topological polar surface area (TPSA) is 78.8 Å². The summed E-state index contributed by atoms with van der Waals surface area (Å²) in [5, 5.41) is 2.83. The largest absolute Gasteiger partial charge is 0.349 e. The van der Waals surface area contributed by atoms with Crippen molar-refractivity contribution < 1.29 is 14.4 Å². The first-order valence-corrected chi connectivity index (χ1v) is 7.53. The van der Waals surface area contributed by atoms with Gasteiger partial charge in [-0.2, -0.15) is 0 Å². The van der Waals surface area contributed by atoms with E-state index >= 15 is 0 Å². The minimum atomic E-state index is -0.552. The normalized spacial score (nSPS) is 18.0. The van der Waals surface area contributed by atoms with E-state index in [0.29, 0.717) is 12.1 Å². The van der Waals surface area contributed by atoms with Crippen LogP contribution < -0.4 is 5.32 Å². The van der Waals surface area contributed by atoms with E-state index in [9.17, 15) is 14.4 Å². The van der Waals surface area contributed by atoms with Gasteiger partial charge in [0.1, 0.15) is 0 Å². The third kappa shape index (κ3) is 3.83. The van der Waals surface area contributed by atoms with Crippen LogP contribution in [0.25, 0.3) is 0 Å². The lowest BCUT2D eigenvalue weighted by molar-refractivity contribution is -0.129. The standard InChI is InChI=1S/C17H21N3O3/c1-10-5-6-13(9-11(10)2)19-15(21)8-7-14-12(3)18-17(23)20(4)16(14)22/h5-6,9,14H,7-8H2,1-4H3,(H,19,21). The van der Waals surface area contributed by atoms with Crippen LogP contribution in [0.4, 0.5) is 10.5 Å².